The third kappa shape index (κ3) is 5.12. The number of aromatic nitrogens is 1. The summed E-state index contributed by atoms with van der Waals surface area (Å²) in [5.74, 6) is -0.906. The molecule has 1 unspecified atom stereocenters. The van der Waals surface area contributed by atoms with E-state index in [4.69, 9.17) is 0 Å². The summed E-state index contributed by atoms with van der Waals surface area (Å²) in [4.78, 5) is 28.3. The highest BCUT2D eigenvalue weighted by Crippen LogP contribution is 2.37. The van der Waals surface area contributed by atoms with Crippen molar-refractivity contribution in [2.75, 3.05) is 0 Å². The SMILES string of the molecule is CC1=CCCC(C)(C)C1.CCC1=Cc2c([nH]c3c2C(=O)C(=O)C(C)=C3CC(C)O)CC=C1. The fraction of sp³-hybridized carbons (Fsp3) is 0.500. The van der Waals surface area contributed by atoms with Crippen LogP contribution in [0.25, 0.3) is 11.6 Å². The van der Waals surface area contributed by atoms with Crippen LogP contribution in [0.4, 0.5) is 0 Å². The van der Waals surface area contributed by atoms with Crippen LogP contribution < -0.4 is 0 Å². The van der Waals surface area contributed by atoms with Crippen LogP contribution in [0.1, 0.15) is 101 Å². The second kappa shape index (κ2) is 9.58. The lowest BCUT2D eigenvalue weighted by Gasteiger charge is -2.28. The van der Waals surface area contributed by atoms with Crippen molar-refractivity contribution >= 4 is 23.2 Å². The molecule has 0 radical (unpaired) electrons. The number of Topliss-reactive ketones (excluding diaryl/α,β-unsaturated/α-hetero) is 2. The van der Waals surface area contributed by atoms with Crippen molar-refractivity contribution < 1.29 is 14.7 Å². The summed E-state index contributed by atoms with van der Waals surface area (Å²) in [6.07, 6.45) is 13.8. The number of rotatable bonds is 3. The van der Waals surface area contributed by atoms with Crippen molar-refractivity contribution in [1.82, 2.24) is 4.98 Å². The smallest absolute Gasteiger partial charge is 0.235 e. The molecule has 0 fully saturated rings. The Kier molecular flexibility index (Phi) is 7.24. The maximum Gasteiger partial charge on any atom is 0.235 e. The van der Waals surface area contributed by atoms with Crippen molar-refractivity contribution in [2.24, 2.45) is 5.41 Å². The highest BCUT2D eigenvalue weighted by atomic mass is 16.3. The fourth-order valence-corrected chi connectivity index (χ4v) is 4.91. The second-order valence-corrected chi connectivity index (χ2v) is 10.2. The lowest BCUT2D eigenvalue weighted by molar-refractivity contribution is -0.111. The number of carbonyl (C=O) groups is 2. The van der Waals surface area contributed by atoms with Gasteiger partial charge in [0.15, 0.2) is 0 Å². The first-order valence-corrected chi connectivity index (χ1v) is 11.8. The number of aromatic amines is 1. The van der Waals surface area contributed by atoms with Gasteiger partial charge >= 0.3 is 0 Å². The number of aliphatic hydroxyl groups excluding tert-OH is 1. The van der Waals surface area contributed by atoms with Crippen LogP contribution in [-0.4, -0.2) is 27.8 Å². The number of H-pyrrole nitrogens is 1. The Morgan fingerprint density at radius 1 is 1.19 bits per heavy atom. The van der Waals surface area contributed by atoms with Gasteiger partial charge in [-0.15, -0.1) is 0 Å². The number of fused-ring (bicyclic) bond motifs is 3. The molecule has 1 aromatic heterocycles. The van der Waals surface area contributed by atoms with Gasteiger partial charge in [-0.3, -0.25) is 9.59 Å². The van der Waals surface area contributed by atoms with Crippen LogP contribution in [0, 0.1) is 5.41 Å². The zero-order valence-corrected chi connectivity index (χ0v) is 20.4. The first-order valence-electron chi connectivity index (χ1n) is 11.8. The average molecular weight is 436 g/mol. The monoisotopic (exact) mass is 435 g/mol. The molecule has 1 heterocycles. The fourth-order valence-electron chi connectivity index (χ4n) is 4.91. The van der Waals surface area contributed by atoms with Crippen molar-refractivity contribution in [1.29, 1.82) is 0 Å². The number of nitrogens with one attached hydrogen (secondary N) is 1. The summed E-state index contributed by atoms with van der Waals surface area (Å²) in [6, 6.07) is 0. The van der Waals surface area contributed by atoms with Crippen LogP contribution in [0.3, 0.4) is 0 Å². The quantitative estimate of drug-likeness (QED) is 0.428. The molecule has 0 saturated carbocycles. The maximum absolute atomic E-state index is 12.6. The van der Waals surface area contributed by atoms with Gasteiger partial charge in [0.05, 0.1) is 17.4 Å². The highest BCUT2D eigenvalue weighted by Gasteiger charge is 2.35. The Bertz CT molecular complexity index is 1040. The van der Waals surface area contributed by atoms with Crippen LogP contribution >= 0.6 is 0 Å². The van der Waals surface area contributed by atoms with Gasteiger partial charge in [0.25, 0.3) is 0 Å². The van der Waals surface area contributed by atoms with Gasteiger partial charge in [-0.05, 0) is 69.1 Å². The predicted octanol–water partition coefficient (Wildman–Crippen LogP) is 6.37. The molecule has 3 aliphatic carbocycles. The molecule has 3 aliphatic rings. The minimum Gasteiger partial charge on any atom is -0.393 e. The van der Waals surface area contributed by atoms with E-state index in [1.54, 1.807) is 19.4 Å². The Balaban J connectivity index is 0.000000269. The molecule has 172 valence electrons. The molecule has 0 saturated heterocycles. The van der Waals surface area contributed by atoms with Gasteiger partial charge in [-0.1, -0.05) is 44.6 Å². The average Bonchev–Trinajstić information content (AvgIpc) is 2.93. The minimum atomic E-state index is -0.571. The largest absolute Gasteiger partial charge is 0.393 e. The van der Waals surface area contributed by atoms with Crippen LogP contribution in [-0.2, 0) is 11.2 Å². The summed E-state index contributed by atoms with van der Waals surface area (Å²) in [7, 11) is 0. The molecular weight excluding hydrogens is 398 g/mol. The Labute approximate surface area is 192 Å². The summed E-state index contributed by atoms with van der Waals surface area (Å²) in [5, 5.41) is 9.76. The molecular formula is C28H37NO3. The number of carbonyl (C=O) groups excluding carboxylic acids is 2. The van der Waals surface area contributed by atoms with Crippen LogP contribution in [0.2, 0.25) is 0 Å². The van der Waals surface area contributed by atoms with E-state index in [0.29, 0.717) is 35.1 Å². The molecule has 1 atom stereocenters. The summed E-state index contributed by atoms with van der Waals surface area (Å²) >= 11 is 0. The van der Waals surface area contributed by atoms with Gasteiger partial charge in [-0.2, -0.15) is 0 Å². The van der Waals surface area contributed by atoms with Gasteiger partial charge < -0.3 is 10.1 Å². The summed E-state index contributed by atoms with van der Waals surface area (Å²) in [6.45, 7) is 12.4. The van der Waals surface area contributed by atoms with E-state index in [-0.39, 0.29) is 0 Å². The predicted molar refractivity (Wildman–Crippen MR) is 132 cm³/mol. The zero-order chi connectivity index (χ0) is 23.6. The molecule has 0 spiro atoms. The second-order valence-electron chi connectivity index (χ2n) is 10.2. The van der Waals surface area contributed by atoms with E-state index in [1.807, 2.05) is 6.08 Å². The lowest BCUT2D eigenvalue weighted by Crippen LogP contribution is -2.24. The topological polar surface area (TPSA) is 70.2 Å². The number of hydrogen-bond donors (Lipinski definition) is 2. The summed E-state index contributed by atoms with van der Waals surface area (Å²) < 4.78 is 0. The molecule has 32 heavy (non-hydrogen) atoms. The zero-order valence-electron chi connectivity index (χ0n) is 20.4. The van der Waals surface area contributed by atoms with E-state index in [1.165, 1.54) is 19.3 Å². The first-order chi connectivity index (χ1) is 15.0. The number of allylic oxidation sites excluding steroid dienone is 6. The van der Waals surface area contributed by atoms with Crippen molar-refractivity contribution in [3.8, 4) is 0 Å². The molecule has 4 nitrogen and oxygen atoms in total. The summed E-state index contributed by atoms with van der Waals surface area (Å²) in [5.41, 5.74) is 7.45. The highest BCUT2D eigenvalue weighted by molar-refractivity contribution is 6.52. The number of aliphatic hydroxyl groups is 1. The van der Waals surface area contributed by atoms with Crippen LogP contribution in [0.5, 0.6) is 0 Å². The van der Waals surface area contributed by atoms with Gasteiger partial charge in [0.2, 0.25) is 11.6 Å². The lowest BCUT2D eigenvalue weighted by atomic mass is 9.78. The van der Waals surface area contributed by atoms with E-state index in [0.717, 1.165) is 28.8 Å². The van der Waals surface area contributed by atoms with Crippen LogP contribution in [0.15, 0.2) is 34.9 Å². The van der Waals surface area contributed by atoms with Gasteiger partial charge in [0.1, 0.15) is 0 Å². The Morgan fingerprint density at radius 3 is 2.47 bits per heavy atom. The molecule has 4 rings (SSSR count). The van der Waals surface area contributed by atoms with E-state index < -0.39 is 17.7 Å². The number of hydrogen-bond acceptors (Lipinski definition) is 3. The number of ketones is 2. The molecule has 0 aliphatic heterocycles. The first kappa shape index (κ1) is 24.2. The van der Waals surface area contributed by atoms with E-state index in [2.05, 4.69) is 50.9 Å². The van der Waals surface area contributed by atoms with Crippen molar-refractivity contribution in [2.45, 2.75) is 86.2 Å². The molecule has 0 aromatic carbocycles. The molecule has 0 amide bonds. The standard InChI is InChI=1S/C19H21NO3.C9H16/c1-4-12-6-5-7-15-14(9-12)16-17(20-15)13(8-10(2)21)11(3)18(22)19(16)23;1-8-5-4-6-9(2,3)7-8/h5-6,9-10,20-21H,4,7-8H2,1-3H3;5H,4,6-7H2,1-3H3. The Morgan fingerprint density at radius 2 is 1.91 bits per heavy atom. The van der Waals surface area contributed by atoms with E-state index >= 15 is 0 Å². The third-order valence-electron chi connectivity index (χ3n) is 6.61. The normalized spacial score (nSPS) is 20.5. The molecule has 2 N–H and O–H groups in total. The van der Waals surface area contributed by atoms with Crippen molar-refractivity contribution in [3.63, 3.8) is 0 Å². The van der Waals surface area contributed by atoms with E-state index in [9.17, 15) is 14.7 Å². The molecule has 4 heteroatoms. The van der Waals surface area contributed by atoms with Gasteiger partial charge in [-0.25, -0.2) is 0 Å². The van der Waals surface area contributed by atoms with Crippen molar-refractivity contribution in [3.05, 3.63) is 57.5 Å². The molecule has 1 aromatic rings. The Hall–Kier alpha value is -2.46. The van der Waals surface area contributed by atoms with Gasteiger partial charge in [0, 0.05) is 29.7 Å². The molecule has 0 bridgehead atoms. The minimum absolute atomic E-state index is 0.359. The third-order valence-corrected chi connectivity index (χ3v) is 6.61. The maximum atomic E-state index is 12.6.